The molecular formula is C19H20ClFN4O. The molecule has 0 bridgehead atoms. The summed E-state index contributed by atoms with van der Waals surface area (Å²) in [6, 6.07) is 4.65. The topological polar surface area (TPSA) is 51.0 Å². The number of rotatable bonds is 3. The average molecular weight is 375 g/mol. The zero-order valence-corrected chi connectivity index (χ0v) is 15.1. The van der Waals surface area contributed by atoms with Crippen molar-refractivity contribution in [3.8, 4) is 0 Å². The molecule has 0 radical (unpaired) electrons. The molecule has 3 aliphatic rings. The number of carbonyl (C=O) groups excluding carboxylic acids is 1. The highest BCUT2D eigenvalue weighted by Crippen LogP contribution is 2.56. The predicted molar refractivity (Wildman–Crippen MR) is 94.6 cm³/mol. The fourth-order valence-corrected chi connectivity index (χ4v) is 4.76. The average Bonchev–Trinajstić information content (AvgIpc) is 3.18. The summed E-state index contributed by atoms with van der Waals surface area (Å²) in [6.45, 7) is 1.22. The minimum atomic E-state index is -0.522. The van der Waals surface area contributed by atoms with E-state index in [1.165, 1.54) is 37.5 Å². The summed E-state index contributed by atoms with van der Waals surface area (Å²) in [7, 11) is 0. The molecule has 26 heavy (non-hydrogen) atoms. The Morgan fingerprint density at radius 1 is 1.31 bits per heavy atom. The Morgan fingerprint density at radius 2 is 2.12 bits per heavy atom. The van der Waals surface area contributed by atoms with E-state index >= 15 is 0 Å². The Hall–Kier alpha value is -1.95. The molecule has 3 fully saturated rings. The van der Waals surface area contributed by atoms with Gasteiger partial charge < -0.3 is 9.47 Å². The molecule has 1 amide bonds. The van der Waals surface area contributed by atoms with Crippen molar-refractivity contribution in [3.63, 3.8) is 0 Å². The lowest BCUT2D eigenvalue weighted by Crippen LogP contribution is -2.38. The smallest absolute Gasteiger partial charge is 0.256 e. The molecule has 136 valence electrons. The molecule has 1 atom stereocenters. The summed E-state index contributed by atoms with van der Waals surface area (Å²) in [5.74, 6) is 0.363. The van der Waals surface area contributed by atoms with Crippen LogP contribution in [-0.4, -0.2) is 38.7 Å². The number of hydrogen-bond donors (Lipinski definition) is 0. The van der Waals surface area contributed by atoms with E-state index in [-0.39, 0.29) is 22.8 Å². The van der Waals surface area contributed by atoms with E-state index in [0.717, 1.165) is 18.7 Å². The Labute approximate surface area is 156 Å². The normalized spacial score (nSPS) is 24.1. The molecule has 1 aromatic carbocycles. The molecule has 0 N–H and O–H groups in total. The zero-order chi connectivity index (χ0) is 17.9. The summed E-state index contributed by atoms with van der Waals surface area (Å²) in [5, 5.41) is 8.93. The highest BCUT2D eigenvalue weighted by Gasteiger charge is 2.54. The molecule has 1 aromatic heterocycles. The van der Waals surface area contributed by atoms with Gasteiger partial charge in [0, 0.05) is 30.1 Å². The van der Waals surface area contributed by atoms with Crippen LogP contribution in [0.3, 0.4) is 0 Å². The SMILES string of the molecule is O=C(c1cc(Cl)ccc1F)N1CC(c2nncn2C2CC2)C2(CCC2)C1. The maximum Gasteiger partial charge on any atom is 0.256 e. The maximum atomic E-state index is 14.2. The predicted octanol–water partition coefficient (Wildman–Crippen LogP) is 3.82. The molecule has 5 nitrogen and oxygen atoms in total. The first-order chi connectivity index (χ1) is 12.6. The first-order valence-corrected chi connectivity index (χ1v) is 9.59. The third-order valence-electron chi connectivity index (χ3n) is 6.30. The van der Waals surface area contributed by atoms with E-state index in [0.29, 0.717) is 24.2 Å². The van der Waals surface area contributed by atoms with Crippen molar-refractivity contribution in [1.82, 2.24) is 19.7 Å². The van der Waals surface area contributed by atoms with E-state index in [1.54, 1.807) is 4.90 Å². The van der Waals surface area contributed by atoms with Gasteiger partial charge in [-0.2, -0.15) is 0 Å². The largest absolute Gasteiger partial charge is 0.337 e. The van der Waals surface area contributed by atoms with Crippen LogP contribution >= 0.6 is 11.6 Å². The number of amides is 1. The fraction of sp³-hybridized carbons (Fsp3) is 0.526. The number of nitrogens with zero attached hydrogens (tertiary/aromatic N) is 4. The van der Waals surface area contributed by atoms with Crippen LogP contribution in [-0.2, 0) is 0 Å². The van der Waals surface area contributed by atoms with Crippen LogP contribution < -0.4 is 0 Å². The van der Waals surface area contributed by atoms with Gasteiger partial charge in [0.2, 0.25) is 0 Å². The van der Waals surface area contributed by atoms with Crippen molar-refractivity contribution in [2.75, 3.05) is 13.1 Å². The summed E-state index contributed by atoms with van der Waals surface area (Å²) in [6.07, 6.45) is 7.48. The summed E-state index contributed by atoms with van der Waals surface area (Å²) in [5.41, 5.74) is 0.112. The fourth-order valence-electron chi connectivity index (χ4n) is 4.58. The number of hydrogen-bond acceptors (Lipinski definition) is 3. The first-order valence-electron chi connectivity index (χ1n) is 9.21. The number of likely N-dealkylation sites (tertiary alicyclic amines) is 1. The van der Waals surface area contributed by atoms with Crippen LogP contribution in [0.1, 0.15) is 60.2 Å². The molecule has 1 unspecified atom stereocenters. The van der Waals surface area contributed by atoms with Gasteiger partial charge >= 0.3 is 0 Å². The molecule has 5 rings (SSSR count). The molecule has 1 saturated heterocycles. The number of benzene rings is 1. The molecule has 2 aliphatic carbocycles. The standard InChI is InChI=1S/C19H20ClFN4O/c20-12-2-5-16(21)14(8-12)18(26)24-9-15(19(10-24)6-1-7-19)17-23-22-11-25(17)13-3-4-13/h2,5,8,11,13,15H,1,3-4,6-7,9-10H2. The van der Waals surface area contributed by atoms with E-state index in [9.17, 15) is 9.18 Å². The van der Waals surface area contributed by atoms with Crippen molar-refractivity contribution < 1.29 is 9.18 Å². The molecule has 1 aliphatic heterocycles. The lowest BCUT2D eigenvalue weighted by Gasteiger charge is -2.42. The van der Waals surface area contributed by atoms with Crippen LogP contribution in [0.4, 0.5) is 4.39 Å². The van der Waals surface area contributed by atoms with Gasteiger partial charge in [-0.25, -0.2) is 4.39 Å². The monoisotopic (exact) mass is 374 g/mol. The van der Waals surface area contributed by atoms with Crippen molar-refractivity contribution >= 4 is 17.5 Å². The van der Waals surface area contributed by atoms with E-state index in [4.69, 9.17) is 11.6 Å². The molecule has 1 spiro atoms. The molecular weight excluding hydrogens is 355 g/mol. The van der Waals surface area contributed by atoms with Gasteiger partial charge in [0.05, 0.1) is 5.56 Å². The lowest BCUT2D eigenvalue weighted by atomic mass is 9.62. The number of aromatic nitrogens is 3. The van der Waals surface area contributed by atoms with E-state index in [1.807, 2.05) is 6.33 Å². The van der Waals surface area contributed by atoms with Crippen molar-refractivity contribution in [2.45, 2.75) is 44.1 Å². The minimum absolute atomic E-state index is 0.0521. The van der Waals surface area contributed by atoms with Crippen molar-refractivity contribution in [3.05, 3.63) is 46.8 Å². The molecule has 2 heterocycles. The second-order valence-corrected chi connectivity index (χ2v) is 8.34. The third-order valence-corrected chi connectivity index (χ3v) is 6.53. The van der Waals surface area contributed by atoms with E-state index < -0.39 is 5.82 Å². The van der Waals surface area contributed by atoms with Crippen LogP contribution in [0, 0.1) is 11.2 Å². The Kier molecular flexibility index (Phi) is 3.61. The second-order valence-electron chi connectivity index (χ2n) is 7.91. The van der Waals surface area contributed by atoms with Crippen LogP contribution in [0.5, 0.6) is 0 Å². The van der Waals surface area contributed by atoms with Gasteiger partial charge in [-0.3, -0.25) is 4.79 Å². The third kappa shape index (κ3) is 2.46. The van der Waals surface area contributed by atoms with Gasteiger partial charge in [0.1, 0.15) is 18.0 Å². The summed E-state index contributed by atoms with van der Waals surface area (Å²) < 4.78 is 16.4. The molecule has 2 aromatic rings. The molecule has 7 heteroatoms. The van der Waals surface area contributed by atoms with E-state index in [2.05, 4.69) is 14.8 Å². The second kappa shape index (κ2) is 5.78. The van der Waals surface area contributed by atoms with Gasteiger partial charge in [-0.15, -0.1) is 10.2 Å². The van der Waals surface area contributed by atoms with Crippen LogP contribution in [0.25, 0.3) is 0 Å². The van der Waals surface area contributed by atoms with Gasteiger partial charge in [0.15, 0.2) is 0 Å². The van der Waals surface area contributed by atoms with Crippen molar-refractivity contribution in [2.24, 2.45) is 5.41 Å². The minimum Gasteiger partial charge on any atom is -0.337 e. The summed E-state index contributed by atoms with van der Waals surface area (Å²) >= 11 is 5.98. The zero-order valence-electron chi connectivity index (χ0n) is 14.4. The Balaban J connectivity index is 1.46. The van der Waals surface area contributed by atoms with Gasteiger partial charge in [-0.05, 0) is 49.3 Å². The Morgan fingerprint density at radius 3 is 2.81 bits per heavy atom. The maximum absolute atomic E-state index is 14.2. The quantitative estimate of drug-likeness (QED) is 0.820. The lowest BCUT2D eigenvalue weighted by molar-refractivity contribution is 0.0719. The number of carbonyl (C=O) groups is 1. The highest BCUT2D eigenvalue weighted by atomic mass is 35.5. The van der Waals surface area contributed by atoms with Gasteiger partial charge in [0.25, 0.3) is 5.91 Å². The Bertz CT molecular complexity index is 874. The van der Waals surface area contributed by atoms with Crippen LogP contribution in [0.2, 0.25) is 5.02 Å². The highest BCUT2D eigenvalue weighted by molar-refractivity contribution is 6.31. The number of halogens is 2. The summed E-state index contributed by atoms with van der Waals surface area (Å²) in [4.78, 5) is 14.8. The van der Waals surface area contributed by atoms with Gasteiger partial charge in [-0.1, -0.05) is 18.0 Å². The van der Waals surface area contributed by atoms with Crippen LogP contribution in [0.15, 0.2) is 24.5 Å². The first kappa shape index (κ1) is 16.2. The van der Waals surface area contributed by atoms with Crippen molar-refractivity contribution in [1.29, 1.82) is 0 Å². The molecule has 2 saturated carbocycles.